The van der Waals surface area contributed by atoms with Gasteiger partial charge in [0.05, 0.1) is 0 Å². The van der Waals surface area contributed by atoms with E-state index in [-0.39, 0.29) is 37.2 Å². The third-order valence-electron chi connectivity index (χ3n) is 2.37. The Kier molecular flexibility index (Phi) is 15.2. The van der Waals surface area contributed by atoms with Crippen LogP contribution in [0.2, 0.25) is 0 Å². The summed E-state index contributed by atoms with van der Waals surface area (Å²) in [5.74, 6) is 0.798. The molecule has 0 N–H and O–H groups in total. The van der Waals surface area contributed by atoms with E-state index in [1.165, 1.54) is 17.1 Å². The van der Waals surface area contributed by atoms with Crippen LogP contribution in [0.1, 0.15) is 33.1 Å². The fourth-order valence-electron chi connectivity index (χ4n) is 1.61. The quantitative estimate of drug-likeness (QED) is 0.486. The minimum absolute atomic E-state index is 0. The Balaban J connectivity index is -0.000000403. The molecular formula is C10H15Cl3V. The normalized spacial score (nSPS) is 13.5. The molecule has 1 aliphatic rings. The van der Waals surface area contributed by atoms with Gasteiger partial charge in [-0.25, -0.2) is 0 Å². The van der Waals surface area contributed by atoms with Crippen LogP contribution in [0.25, 0.3) is 0 Å². The molecule has 0 heterocycles. The van der Waals surface area contributed by atoms with Crippen molar-refractivity contribution in [3.8, 4) is 0 Å². The van der Waals surface area contributed by atoms with Gasteiger partial charge in [-0.15, -0.1) is 0 Å². The summed E-state index contributed by atoms with van der Waals surface area (Å²) >= 11 is 2.71. The van der Waals surface area contributed by atoms with Crippen molar-refractivity contribution in [1.82, 2.24) is 0 Å². The predicted molar refractivity (Wildman–Crippen MR) is 44.9 cm³/mol. The molecule has 0 nitrogen and oxygen atoms in total. The van der Waals surface area contributed by atoms with E-state index in [2.05, 4.69) is 43.4 Å². The maximum Gasteiger partial charge on any atom is -1.00 e. The molecule has 0 aromatic carbocycles. The van der Waals surface area contributed by atoms with Gasteiger partial charge in [0.15, 0.2) is 0 Å². The topological polar surface area (TPSA) is 0 Å². The molecule has 0 unspecified atom stereocenters. The molecule has 0 spiro atoms. The molecule has 0 aromatic rings. The van der Waals surface area contributed by atoms with E-state index in [1.807, 2.05) is 0 Å². The van der Waals surface area contributed by atoms with Gasteiger partial charge in [0.25, 0.3) is 0 Å². The Bertz CT molecular complexity index is 196. The summed E-state index contributed by atoms with van der Waals surface area (Å²) in [6.45, 7) is 4.54. The maximum atomic E-state index is 2.71. The van der Waals surface area contributed by atoms with E-state index < -0.39 is 0 Å². The molecular weight excluding hydrogens is 277 g/mol. The molecule has 0 saturated heterocycles. The second-order valence-electron chi connectivity index (χ2n) is 3.02. The Labute approximate surface area is 115 Å². The van der Waals surface area contributed by atoms with Crippen LogP contribution in [-0.2, 0) is 17.4 Å². The van der Waals surface area contributed by atoms with Crippen LogP contribution in [0.4, 0.5) is 0 Å². The van der Waals surface area contributed by atoms with Crippen LogP contribution < -0.4 is 37.2 Å². The van der Waals surface area contributed by atoms with Crippen molar-refractivity contribution in [2.24, 2.45) is 5.92 Å². The molecule has 0 saturated carbocycles. The Morgan fingerprint density at radius 3 is 2.00 bits per heavy atom. The second-order valence-corrected chi connectivity index (χ2v) is 3.86. The van der Waals surface area contributed by atoms with E-state index in [4.69, 9.17) is 0 Å². The summed E-state index contributed by atoms with van der Waals surface area (Å²) < 4.78 is 1.52. The summed E-state index contributed by atoms with van der Waals surface area (Å²) in [5, 5.41) is 0. The SMILES string of the molecule is CCC(CC)C1=[C]([V+3])CC=C1.[Cl-].[Cl-].[Cl-]. The Morgan fingerprint density at radius 2 is 1.71 bits per heavy atom. The van der Waals surface area contributed by atoms with Gasteiger partial charge in [-0.05, 0) is 0 Å². The van der Waals surface area contributed by atoms with Crippen molar-refractivity contribution in [3.05, 3.63) is 22.0 Å². The predicted octanol–water partition coefficient (Wildman–Crippen LogP) is -5.80. The maximum absolute atomic E-state index is 2.71. The monoisotopic (exact) mass is 291 g/mol. The summed E-state index contributed by atoms with van der Waals surface area (Å²) in [6, 6.07) is 0. The second kappa shape index (κ2) is 10.5. The fraction of sp³-hybridized carbons (Fsp3) is 0.600. The van der Waals surface area contributed by atoms with E-state index in [9.17, 15) is 0 Å². The number of allylic oxidation sites excluding steroid dienone is 4. The third kappa shape index (κ3) is 5.14. The van der Waals surface area contributed by atoms with Crippen molar-refractivity contribution < 1.29 is 54.6 Å². The van der Waals surface area contributed by atoms with E-state index in [1.54, 1.807) is 5.57 Å². The molecule has 1 aliphatic carbocycles. The van der Waals surface area contributed by atoms with Crippen LogP contribution in [-0.4, -0.2) is 0 Å². The molecule has 0 bridgehead atoms. The fourth-order valence-corrected chi connectivity index (χ4v) is 2.18. The van der Waals surface area contributed by atoms with Gasteiger partial charge in [-0.1, -0.05) is 0 Å². The first-order valence-electron chi connectivity index (χ1n) is 4.38. The molecule has 14 heavy (non-hydrogen) atoms. The molecule has 0 fully saturated rings. The van der Waals surface area contributed by atoms with E-state index in [0.29, 0.717) is 0 Å². The van der Waals surface area contributed by atoms with Gasteiger partial charge in [-0.3, -0.25) is 0 Å². The van der Waals surface area contributed by atoms with Crippen LogP contribution in [0, 0.1) is 5.92 Å². The van der Waals surface area contributed by atoms with Gasteiger partial charge in [0, 0.05) is 0 Å². The molecule has 4 heteroatoms. The largest absolute Gasteiger partial charge is 1.00 e. The smallest absolute Gasteiger partial charge is 1.00 e. The van der Waals surface area contributed by atoms with Crippen molar-refractivity contribution >= 4 is 0 Å². The van der Waals surface area contributed by atoms with Crippen LogP contribution in [0.5, 0.6) is 0 Å². The van der Waals surface area contributed by atoms with E-state index in [0.717, 1.165) is 12.3 Å². The first kappa shape index (κ1) is 20.4. The number of rotatable bonds is 3. The average Bonchev–Trinajstić information content (AvgIpc) is 2.40. The summed E-state index contributed by atoms with van der Waals surface area (Å²) in [4.78, 5) is 0. The van der Waals surface area contributed by atoms with Crippen molar-refractivity contribution in [2.45, 2.75) is 33.1 Å². The van der Waals surface area contributed by atoms with Crippen LogP contribution in [0.3, 0.4) is 0 Å². The molecule has 0 atom stereocenters. The first-order valence-corrected chi connectivity index (χ1v) is 5.08. The standard InChI is InChI=1S/C10H15.3ClH.V/c1-3-9(4-2)10-7-5-6-8-10;;;;/h5,7,9H,3-4,6H2,1-2H3;3*1H;/q;;;;+3/p-3. The van der Waals surface area contributed by atoms with Gasteiger partial charge in [0.1, 0.15) is 0 Å². The summed E-state index contributed by atoms with van der Waals surface area (Å²) in [5.41, 5.74) is 1.58. The van der Waals surface area contributed by atoms with E-state index >= 15 is 0 Å². The van der Waals surface area contributed by atoms with Crippen molar-refractivity contribution in [1.29, 1.82) is 0 Å². The van der Waals surface area contributed by atoms with Gasteiger partial charge >= 0.3 is 78.5 Å². The molecule has 0 aliphatic heterocycles. The molecule has 81 valence electrons. The molecule has 0 aromatic heterocycles. The average molecular weight is 293 g/mol. The first-order chi connectivity index (χ1) is 5.29. The zero-order valence-electron chi connectivity index (χ0n) is 8.43. The molecule has 0 radical (unpaired) electrons. The van der Waals surface area contributed by atoms with Crippen molar-refractivity contribution in [3.63, 3.8) is 0 Å². The van der Waals surface area contributed by atoms with Crippen LogP contribution >= 0.6 is 0 Å². The Morgan fingerprint density at radius 1 is 1.21 bits per heavy atom. The zero-order valence-corrected chi connectivity index (χ0v) is 12.1. The number of hydrogen-bond acceptors (Lipinski definition) is 0. The minimum atomic E-state index is 0. The molecule has 1 rings (SSSR count). The number of halogens is 3. The number of hydrogen-bond donors (Lipinski definition) is 0. The van der Waals surface area contributed by atoms with Gasteiger partial charge in [-0.2, -0.15) is 0 Å². The third-order valence-corrected chi connectivity index (χ3v) is 3.06. The van der Waals surface area contributed by atoms with Gasteiger partial charge < -0.3 is 37.2 Å². The van der Waals surface area contributed by atoms with Gasteiger partial charge in [0.2, 0.25) is 0 Å². The van der Waals surface area contributed by atoms with Crippen LogP contribution in [0.15, 0.2) is 22.0 Å². The summed E-state index contributed by atoms with van der Waals surface area (Å²) in [7, 11) is 0. The van der Waals surface area contributed by atoms with Crippen molar-refractivity contribution in [2.75, 3.05) is 0 Å². The minimum Gasteiger partial charge on any atom is -1.00 e. The molecule has 0 amide bonds. The summed E-state index contributed by atoms with van der Waals surface area (Å²) in [6.07, 6.45) is 8.27. The Hall–Kier alpha value is 0.934. The zero-order chi connectivity index (χ0) is 8.27.